The van der Waals surface area contributed by atoms with Gasteiger partial charge >= 0.3 is 5.97 Å². The van der Waals surface area contributed by atoms with Crippen molar-refractivity contribution in [1.29, 1.82) is 0 Å². The highest BCUT2D eigenvalue weighted by Crippen LogP contribution is 2.35. The second-order valence-corrected chi connectivity index (χ2v) is 5.50. The third kappa shape index (κ3) is 3.73. The molecule has 1 aromatic rings. The van der Waals surface area contributed by atoms with E-state index in [0.717, 1.165) is 24.8 Å². The maximum atomic E-state index is 12.0. The zero-order chi connectivity index (χ0) is 14.6. The number of carboxylic acids is 1. The highest BCUT2D eigenvalue weighted by Gasteiger charge is 2.40. The minimum atomic E-state index is -0.860. The summed E-state index contributed by atoms with van der Waals surface area (Å²) in [6.45, 7) is 0. The van der Waals surface area contributed by atoms with E-state index in [1.54, 1.807) is 6.07 Å². The maximum absolute atomic E-state index is 12.0. The summed E-state index contributed by atoms with van der Waals surface area (Å²) in [6.07, 6.45) is 3.46. The van der Waals surface area contributed by atoms with E-state index in [1.807, 2.05) is 18.2 Å². The quantitative estimate of drug-likeness (QED) is 0.690. The summed E-state index contributed by atoms with van der Waals surface area (Å²) in [5.41, 5.74) is 6.87. The van der Waals surface area contributed by atoms with Crippen molar-refractivity contribution >= 4 is 17.6 Å². The van der Waals surface area contributed by atoms with Crippen LogP contribution in [0.15, 0.2) is 24.3 Å². The number of aryl methyl sites for hydroxylation is 1. The Balaban J connectivity index is 1.84. The fourth-order valence-electron chi connectivity index (χ4n) is 2.60. The second-order valence-electron chi connectivity index (χ2n) is 5.50. The number of nitrogen functional groups attached to an aromatic ring is 1. The molecule has 0 spiro atoms. The van der Waals surface area contributed by atoms with Crippen molar-refractivity contribution in [2.45, 2.75) is 44.1 Å². The van der Waals surface area contributed by atoms with Crippen molar-refractivity contribution in [3.63, 3.8) is 0 Å². The lowest BCUT2D eigenvalue weighted by molar-refractivity contribution is -0.140. The van der Waals surface area contributed by atoms with Crippen molar-refractivity contribution in [3.05, 3.63) is 29.8 Å². The number of hydrogen-bond acceptors (Lipinski definition) is 3. The molecule has 1 saturated carbocycles. The molecule has 5 nitrogen and oxygen atoms in total. The Bertz CT molecular complexity index is 510. The molecule has 108 valence electrons. The Morgan fingerprint density at radius 1 is 1.35 bits per heavy atom. The molecule has 0 aliphatic heterocycles. The molecule has 2 rings (SSSR count). The van der Waals surface area contributed by atoms with Crippen LogP contribution in [0.3, 0.4) is 0 Å². The lowest BCUT2D eigenvalue weighted by atomic mass is 9.74. The number of carbonyl (C=O) groups is 2. The number of aliphatic carboxylic acids is 1. The fourth-order valence-corrected chi connectivity index (χ4v) is 2.60. The molecule has 0 saturated heterocycles. The summed E-state index contributed by atoms with van der Waals surface area (Å²) >= 11 is 0. The van der Waals surface area contributed by atoms with Gasteiger partial charge in [0, 0.05) is 12.1 Å². The minimum absolute atomic E-state index is 0.0109. The number of nitrogens with two attached hydrogens (primary N) is 1. The van der Waals surface area contributed by atoms with E-state index in [0.29, 0.717) is 18.5 Å². The van der Waals surface area contributed by atoms with Gasteiger partial charge in [0.2, 0.25) is 5.91 Å². The Kier molecular flexibility index (Phi) is 4.27. The first-order valence-corrected chi connectivity index (χ1v) is 6.86. The van der Waals surface area contributed by atoms with Gasteiger partial charge in [0.1, 0.15) is 0 Å². The predicted octanol–water partition coefficient (Wildman–Crippen LogP) is 1.71. The predicted molar refractivity (Wildman–Crippen MR) is 76.2 cm³/mol. The molecule has 0 bridgehead atoms. The molecule has 1 amide bonds. The van der Waals surface area contributed by atoms with Crippen LogP contribution in [-0.2, 0) is 16.0 Å². The summed E-state index contributed by atoms with van der Waals surface area (Å²) in [5.74, 6) is -0.950. The molecule has 20 heavy (non-hydrogen) atoms. The molecule has 1 aliphatic carbocycles. The van der Waals surface area contributed by atoms with Gasteiger partial charge in [0.05, 0.1) is 12.0 Å². The number of carboxylic acid groups (broad SMARTS) is 1. The Hall–Kier alpha value is -2.04. The van der Waals surface area contributed by atoms with Gasteiger partial charge in [0.15, 0.2) is 0 Å². The number of nitrogens with one attached hydrogen (secondary N) is 1. The van der Waals surface area contributed by atoms with E-state index in [4.69, 9.17) is 10.8 Å². The van der Waals surface area contributed by atoms with Crippen LogP contribution >= 0.6 is 0 Å². The topological polar surface area (TPSA) is 92.4 Å². The van der Waals surface area contributed by atoms with Gasteiger partial charge in [-0.05, 0) is 43.4 Å². The van der Waals surface area contributed by atoms with Crippen molar-refractivity contribution in [1.82, 2.24) is 5.32 Å². The van der Waals surface area contributed by atoms with Crippen LogP contribution in [0.25, 0.3) is 0 Å². The number of amides is 1. The zero-order valence-corrected chi connectivity index (χ0v) is 11.4. The molecule has 0 unspecified atom stereocenters. The highest BCUT2D eigenvalue weighted by atomic mass is 16.4. The molecule has 0 radical (unpaired) electrons. The first-order chi connectivity index (χ1) is 9.49. The maximum Gasteiger partial charge on any atom is 0.305 e. The molecule has 0 heterocycles. The van der Waals surface area contributed by atoms with Gasteiger partial charge < -0.3 is 16.2 Å². The number of anilines is 1. The molecule has 1 fully saturated rings. The van der Waals surface area contributed by atoms with Gasteiger partial charge in [0.25, 0.3) is 0 Å². The van der Waals surface area contributed by atoms with E-state index in [2.05, 4.69) is 5.32 Å². The van der Waals surface area contributed by atoms with Crippen LogP contribution in [0, 0.1) is 0 Å². The molecular formula is C15H20N2O3. The summed E-state index contributed by atoms with van der Waals surface area (Å²) in [6, 6.07) is 7.45. The molecule has 4 N–H and O–H groups in total. The van der Waals surface area contributed by atoms with E-state index in [9.17, 15) is 9.59 Å². The normalized spacial score (nSPS) is 16.2. The fraction of sp³-hybridized carbons (Fsp3) is 0.467. The smallest absolute Gasteiger partial charge is 0.305 e. The first kappa shape index (κ1) is 14.4. The SMILES string of the molecule is Nc1cccc(CCC(=O)NC2(CC(=O)O)CCC2)c1. The van der Waals surface area contributed by atoms with E-state index < -0.39 is 11.5 Å². The monoisotopic (exact) mass is 276 g/mol. The highest BCUT2D eigenvalue weighted by molar-refractivity contribution is 5.78. The van der Waals surface area contributed by atoms with E-state index in [-0.39, 0.29) is 12.3 Å². The van der Waals surface area contributed by atoms with Crippen LogP contribution < -0.4 is 11.1 Å². The standard InChI is InChI=1S/C15H20N2O3/c16-12-4-1-3-11(9-12)5-6-13(18)17-15(7-2-8-15)10-14(19)20/h1,3-4,9H,2,5-8,10,16H2,(H,17,18)(H,19,20). The van der Waals surface area contributed by atoms with Gasteiger partial charge in [-0.3, -0.25) is 9.59 Å². The van der Waals surface area contributed by atoms with Crippen molar-refractivity contribution in [2.75, 3.05) is 5.73 Å². The molecule has 0 aromatic heterocycles. The molecule has 1 aliphatic rings. The van der Waals surface area contributed by atoms with Gasteiger partial charge in [-0.2, -0.15) is 0 Å². The average Bonchev–Trinajstić information content (AvgIpc) is 2.33. The lowest BCUT2D eigenvalue weighted by Gasteiger charge is -2.41. The molecular weight excluding hydrogens is 256 g/mol. The number of rotatable bonds is 6. The van der Waals surface area contributed by atoms with Crippen molar-refractivity contribution < 1.29 is 14.7 Å². The van der Waals surface area contributed by atoms with Crippen LogP contribution in [-0.4, -0.2) is 22.5 Å². The van der Waals surface area contributed by atoms with Crippen LogP contribution in [0.5, 0.6) is 0 Å². The van der Waals surface area contributed by atoms with Gasteiger partial charge in [-0.1, -0.05) is 12.1 Å². The Morgan fingerprint density at radius 2 is 2.10 bits per heavy atom. The molecule has 5 heteroatoms. The summed E-state index contributed by atoms with van der Waals surface area (Å²) in [5, 5.41) is 11.8. The molecule has 0 atom stereocenters. The number of hydrogen-bond donors (Lipinski definition) is 3. The van der Waals surface area contributed by atoms with Crippen molar-refractivity contribution in [2.24, 2.45) is 0 Å². The minimum Gasteiger partial charge on any atom is -0.481 e. The summed E-state index contributed by atoms with van der Waals surface area (Å²) in [4.78, 5) is 22.8. The largest absolute Gasteiger partial charge is 0.481 e. The average molecular weight is 276 g/mol. The van der Waals surface area contributed by atoms with Crippen LogP contribution in [0.4, 0.5) is 5.69 Å². The zero-order valence-electron chi connectivity index (χ0n) is 11.4. The van der Waals surface area contributed by atoms with Gasteiger partial charge in [-0.15, -0.1) is 0 Å². The summed E-state index contributed by atoms with van der Waals surface area (Å²) < 4.78 is 0. The second kappa shape index (κ2) is 5.94. The number of benzene rings is 1. The lowest BCUT2D eigenvalue weighted by Crippen LogP contribution is -2.54. The number of carbonyl (C=O) groups excluding carboxylic acids is 1. The van der Waals surface area contributed by atoms with E-state index >= 15 is 0 Å². The van der Waals surface area contributed by atoms with E-state index in [1.165, 1.54) is 0 Å². The third-order valence-corrected chi connectivity index (χ3v) is 3.80. The van der Waals surface area contributed by atoms with Crippen LogP contribution in [0.1, 0.15) is 37.7 Å². The van der Waals surface area contributed by atoms with Gasteiger partial charge in [-0.25, -0.2) is 0 Å². The van der Waals surface area contributed by atoms with Crippen molar-refractivity contribution in [3.8, 4) is 0 Å². The molecule has 1 aromatic carbocycles. The Labute approximate surface area is 118 Å². The Morgan fingerprint density at radius 3 is 2.65 bits per heavy atom. The summed E-state index contributed by atoms with van der Waals surface area (Å²) in [7, 11) is 0. The van der Waals surface area contributed by atoms with Crippen LogP contribution in [0.2, 0.25) is 0 Å². The first-order valence-electron chi connectivity index (χ1n) is 6.86. The third-order valence-electron chi connectivity index (χ3n) is 3.80.